The maximum atomic E-state index is 12.0. The fraction of sp³-hybridized carbons (Fsp3) is 0.786. The lowest BCUT2D eigenvalue weighted by atomic mass is 9.96. The van der Waals surface area contributed by atoms with E-state index in [1.165, 1.54) is 16.4 Å². The predicted octanol–water partition coefficient (Wildman–Crippen LogP) is 1.31. The second-order valence-electron chi connectivity index (χ2n) is 6.03. The molecule has 3 N–H and O–H groups in total. The number of nitrogens with zero attached hydrogens (tertiary/aromatic N) is 3. The Labute approximate surface area is 136 Å². The predicted molar refractivity (Wildman–Crippen MR) is 88.3 cm³/mol. The zero-order chi connectivity index (χ0) is 16.8. The van der Waals surface area contributed by atoms with E-state index < -0.39 is 0 Å². The number of carbonyl (C=O) groups is 1. The molecule has 1 aromatic rings. The average Bonchev–Trinajstić information content (AvgIpc) is 2.79. The van der Waals surface area contributed by atoms with Crippen molar-refractivity contribution in [3.8, 4) is 0 Å². The molecule has 8 heteroatoms. The van der Waals surface area contributed by atoms with Crippen molar-refractivity contribution in [3.63, 3.8) is 0 Å². The summed E-state index contributed by atoms with van der Waals surface area (Å²) in [4.78, 5) is 12.0. The van der Waals surface area contributed by atoms with E-state index in [0.717, 1.165) is 6.42 Å². The SMILES string of the molecule is CCOCCCNC(=O)C(C)Sc1nnc(C(C)(C)C)n1N. The zero-order valence-corrected chi connectivity index (χ0v) is 14.9. The van der Waals surface area contributed by atoms with Crippen LogP contribution >= 0.6 is 11.8 Å². The minimum Gasteiger partial charge on any atom is -0.382 e. The second-order valence-corrected chi connectivity index (χ2v) is 7.34. The third-order valence-corrected chi connectivity index (χ3v) is 4.01. The van der Waals surface area contributed by atoms with Crippen molar-refractivity contribution in [3.05, 3.63) is 5.82 Å². The molecule has 0 aromatic carbocycles. The molecular weight excluding hydrogens is 302 g/mol. The average molecular weight is 329 g/mol. The van der Waals surface area contributed by atoms with E-state index in [0.29, 0.717) is 30.7 Å². The third-order valence-electron chi connectivity index (χ3n) is 2.96. The van der Waals surface area contributed by atoms with E-state index in [1.807, 2.05) is 34.6 Å². The van der Waals surface area contributed by atoms with Crippen LogP contribution in [0.2, 0.25) is 0 Å². The van der Waals surface area contributed by atoms with Crippen LogP contribution in [0, 0.1) is 0 Å². The molecule has 1 aromatic heterocycles. The normalized spacial score (nSPS) is 13.1. The largest absolute Gasteiger partial charge is 0.382 e. The molecule has 0 aliphatic carbocycles. The van der Waals surface area contributed by atoms with E-state index in [1.54, 1.807) is 0 Å². The highest BCUT2D eigenvalue weighted by atomic mass is 32.2. The Morgan fingerprint density at radius 3 is 2.68 bits per heavy atom. The second kappa shape index (κ2) is 8.38. The van der Waals surface area contributed by atoms with Crippen LogP contribution in [0.25, 0.3) is 0 Å². The molecule has 0 aliphatic rings. The number of amides is 1. The van der Waals surface area contributed by atoms with Gasteiger partial charge in [0, 0.05) is 25.2 Å². The van der Waals surface area contributed by atoms with Gasteiger partial charge < -0.3 is 15.9 Å². The van der Waals surface area contributed by atoms with Gasteiger partial charge in [-0.2, -0.15) is 0 Å². The van der Waals surface area contributed by atoms with E-state index >= 15 is 0 Å². The van der Waals surface area contributed by atoms with Crippen LogP contribution in [0.1, 0.15) is 46.9 Å². The van der Waals surface area contributed by atoms with Gasteiger partial charge in [0.05, 0.1) is 5.25 Å². The molecule has 1 heterocycles. The summed E-state index contributed by atoms with van der Waals surface area (Å²) in [7, 11) is 0. The van der Waals surface area contributed by atoms with Gasteiger partial charge in [-0.25, -0.2) is 4.68 Å². The summed E-state index contributed by atoms with van der Waals surface area (Å²) in [5.41, 5.74) is -0.189. The standard InChI is InChI=1S/C14H27N5O2S/c1-6-21-9-7-8-16-11(20)10(2)22-13-18-17-12(19(13)15)14(3,4)5/h10H,6-9,15H2,1-5H3,(H,16,20). The fourth-order valence-corrected chi connectivity index (χ4v) is 2.55. The molecule has 1 atom stereocenters. The molecule has 0 saturated heterocycles. The molecule has 1 unspecified atom stereocenters. The number of nitrogens with two attached hydrogens (primary N) is 1. The molecule has 22 heavy (non-hydrogen) atoms. The van der Waals surface area contributed by atoms with Crippen molar-refractivity contribution in [2.24, 2.45) is 0 Å². The first-order chi connectivity index (χ1) is 10.3. The first-order valence-corrected chi connectivity index (χ1v) is 8.38. The lowest BCUT2D eigenvalue weighted by Crippen LogP contribution is -2.32. The summed E-state index contributed by atoms with van der Waals surface area (Å²) in [6.07, 6.45) is 0.804. The molecule has 0 aliphatic heterocycles. The number of nitrogen functional groups attached to an aromatic ring is 1. The van der Waals surface area contributed by atoms with Crippen molar-refractivity contribution in [2.75, 3.05) is 25.6 Å². The van der Waals surface area contributed by atoms with Crippen LogP contribution in [0.5, 0.6) is 0 Å². The van der Waals surface area contributed by atoms with Gasteiger partial charge in [0.1, 0.15) is 0 Å². The van der Waals surface area contributed by atoms with Gasteiger partial charge in [-0.05, 0) is 20.3 Å². The van der Waals surface area contributed by atoms with E-state index in [-0.39, 0.29) is 16.6 Å². The Kier molecular flexibility index (Phi) is 7.15. The number of aromatic nitrogens is 3. The molecule has 1 rings (SSSR count). The number of ether oxygens (including phenoxy) is 1. The van der Waals surface area contributed by atoms with Gasteiger partial charge >= 0.3 is 0 Å². The number of hydrogen-bond acceptors (Lipinski definition) is 6. The van der Waals surface area contributed by atoms with Gasteiger partial charge in [0.2, 0.25) is 11.1 Å². The van der Waals surface area contributed by atoms with Crippen LogP contribution in [-0.2, 0) is 14.9 Å². The number of carbonyl (C=O) groups excluding carboxylic acids is 1. The molecule has 7 nitrogen and oxygen atoms in total. The van der Waals surface area contributed by atoms with E-state index in [4.69, 9.17) is 10.6 Å². The Morgan fingerprint density at radius 1 is 1.45 bits per heavy atom. The smallest absolute Gasteiger partial charge is 0.233 e. The minimum absolute atomic E-state index is 0.0400. The lowest BCUT2D eigenvalue weighted by Gasteiger charge is -2.17. The van der Waals surface area contributed by atoms with Gasteiger partial charge in [-0.3, -0.25) is 4.79 Å². The van der Waals surface area contributed by atoms with Gasteiger partial charge in [0.25, 0.3) is 0 Å². The van der Waals surface area contributed by atoms with Crippen molar-refractivity contribution in [1.29, 1.82) is 0 Å². The summed E-state index contributed by atoms with van der Waals surface area (Å²) in [6.45, 7) is 11.8. The molecule has 0 radical (unpaired) electrons. The summed E-state index contributed by atoms with van der Waals surface area (Å²) in [5, 5.41) is 11.3. The Morgan fingerprint density at radius 2 is 2.14 bits per heavy atom. The van der Waals surface area contributed by atoms with Gasteiger partial charge in [0.15, 0.2) is 5.82 Å². The van der Waals surface area contributed by atoms with Gasteiger partial charge in [-0.1, -0.05) is 32.5 Å². The minimum atomic E-state index is -0.286. The highest BCUT2D eigenvalue weighted by molar-refractivity contribution is 8.00. The summed E-state index contributed by atoms with van der Waals surface area (Å²) in [6, 6.07) is 0. The third kappa shape index (κ3) is 5.49. The highest BCUT2D eigenvalue weighted by Gasteiger charge is 2.25. The van der Waals surface area contributed by atoms with Gasteiger partial charge in [-0.15, -0.1) is 10.2 Å². The van der Waals surface area contributed by atoms with Crippen molar-refractivity contribution in [2.45, 2.75) is 56.9 Å². The Hall–Kier alpha value is -1.28. The van der Waals surface area contributed by atoms with Crippen molar-refractivity contribution in [1.82, 2.24) is 20.2 Å². The lowest BCUT2D eigenvalue weighted by molar-refractivity contribution is -0.120. The van der Waals surface area contributed by atoms with Crippen molar-refractivity contribution < 1.29 is 9.53 Å². The molecule has 0 spiro atoms. The monoisotopic (exact) mass is 329 g/mol. The first kappa shape index (κ1) is 18.8. The fourth-order valence-electron chi connectivity index (χ4n) is 1.75. The maximum Gasteiger partial charge on any atom is 0.233 e. The van der Waals surface area contributed by atoms with Crippen LogP contribution < -0.4 is 11.2 Å². The first-order valence-electron chi connectivity index (χ1n) is 7.50. The topological polar surface area (TPSA) is 95.1 Å². The quantitative estimate of drug-likeness (QED) is 0.424. The Bertz CT molecular complexity index is 484. The summed E-state index contributed by atoms with van der Waals surface area (Å²) < 4.78 is 6.69. The van der Waals surface area contributed by atoms with Crippen LogP contribution in [0.15, 0.2) is 5.16 Å². The molecule has 126 valence electrons. The van der Waals surface area contributed by atoms with Crippen LogP contribution in [0.4, 0.5) is 0 Å². The van der Waals surface area contributed by atoms with Crippen LogP contribution in [0.3, 0.4) is 0 Å². The van der Waals surface area contributed by atoms with Crippen LogP contribution in [-0.4, -0.2) is 45.8 Å². The number of rotatable bonds is 8. The number of thioether (sulfide) groups is 1. The van der Waals surface area contributed by atoms with E-state index in [2.05, 4.69) is 15.5 Å². The van der Waals surface area contributed by atoms with E-state index in [9.17, 15) is 4.79 Å². The summed E-state index contributed by atoms with van der Waals surface area (Å²) >= 11 is 1.30. The summed E-state index contributed by atoms with van der Waals surface area (Å²) in [5.74, 6) is 6.67. The number of nitrogens with one attached hydrogen (secondary N) is 1. The zero-order valence-electron chi connectivity index (χ0n) is 14.0. The molecule has 0 fully saturated rings. The Balaban J connectivity index is 2.49. The number of hydrogen-bond donors (Lipinski definition) is 2. The molecule has 0 bridgehead atoms. The molecule has 0 saturated carbocycles. The highest BCUT2D eigenvalue weighted by Crippen LogP contribution is 2.25. The molecular formula is C14H27N5O2S. The maximum absolute atomic E-state index is 12.0. The molecule has 1 amide bonds. The van der Waals surface area contributed by atoms with Crippen molar-refractivity contribution >= 4 is 17.7 Å².